The molecule has 1 saturated heterocycles. The predicted octanol–water partition coefficient (Wildman–Crippen LogP) is 4.97. The van der Waals surface area contributed by atoms with Crippen molar-refractivity contribution < 1.29 is 17.4 Å². The summed E-state index contributed by atoms with van der Waals surface area (Å²) in [4.78, 5) is 19.4. The average Bonchev–Trinajstić information content (AvgIpc) is 2.85. The molecule has 1 aliphatic rings. The largest absolute Gasteiger partial charge is 0.297 e. The van der Waals surface area contributed by atoms with Crippen LogP contribution in [-0.4, -0.2) is 31.7 Å². The molecule has 168 valence electrons. The van der Waals surface area contributed by atoms with Gasteiger partial charge < -0.3 is 0 Å². The molecule has 1 aliphatic heterocycles. The molecule has 0 spiro atoms. The lowest BCUT2D eigenvalue weighted by atomic mass is 9.90. The molecule has 1 fully saturated rings. The summed E-state index contributed by atoms with van der Waals surface area (Å²) in [6.45, 7) is 0. The molecule has 6 nitrogen and oxygen atoms in total. The van der Waals surface area contributed by atoms with Gasteiger partial charge >= 0.3 is 0 Å². The van der Waals surface area contributed by atoms with Crippen LogP contribution in [0.4, 0.5) is 5.69 Å². The van der Waals surface area contributed by atoms with Crippen molar-refractivity contribution in [2.75, 3.05) is 11.2 Å². The zero-order valence-electron chi connectivity index (χ0n) is 18.3. The summed E-state index contributed by atoms with van der Waals surface area (Å²) in [7, 11) is -3.84. The van der Waals surface area contributed by atoms with Gasteiger partial charge in [0.15, 0.2) is 6.10 Å². The van der Waals surface area contributed by atoms with E-state index in [1.807, 2.05) is 48.5 Å². The quantitative estimate of drug-likeness (QED) is 0.211. The van der Waals surface area contributed by atoms with E-state index < -0.39 is 28.2 Å². The van der Waals surface area contributed by atoms with Crippen LogP contribution in [0.15, 0.2) is 91.1 Å². The molecule has 1 aromatic heterocycles. The van der Waals surface area contributed by atoms with Crippen LogP contribution >= 0.6 is 0 Å². The number of anilines is 1. The minimum absolute atomic E-state index is 0.411. The SMILES string of the molecule is CS(=O)(=O)O[C@H]1C(=O)N(c2cc3c4ccccc4ccc3c3ccccc23)C1c1ccccn1. The van der Waals surface area contributed by atoms with Crippen molar-refractivity contribution in [3.63, 3.8) is 0 Å². The number of carbonyl (C=O) groups excluding carboxylic acids is 1. The molecular formula is C27H20N2O4S. The van der Waals surface area contributed by atoms with E-state index in [0.717, 1.165) is 38.6 Å². The lowest BCUT2D eigenvalue weighted by Crippen LogP contribution is -2.61. The van der Waals surface area contributed by atoms with E-state index in [-0.39, 0.29) is 0 Å². The molecule has 6 rings (SSSR count). The molecule has 4 aromatic carbocycles. The number of hydrogen-bond donors (Lipinski definition) is 0. The van der Waals surface area contributed by atoms with Gasteiger partial charge in [0.05, 0.1) is 17.6 Å². The third-order valence-corrected chi connectivity index (χ3v) is 6.88. The van der Waals surface area contributed by atoms with E-state index in [1.54, 1.807) is 23.2 Å². The first-order valence-electron chi connectivity index (χ1n) is 10.9. The Kier molecular flexibility index (Phi) is 4.65. The van der Waals surface area contributed by atoms with E-state index in [1.165, 1.54) is 0 Å². The molecule has 5 aromatic rings. The van der Waals surface area contributed by atoms with Crippen LogP contribution in [0.5, 0.6) is 0 Å². The number of nitrogens with zero attached hydrogens (tertiary/aromatic N) is 2. The zero-order valence-corrected chi connectivity index (χ0v) is 19.1. The highest BCUT2D eigenvalue weighted by Gasteiger charge is 2.53. The van der Waals surface area contributed by atoms with Gasteiger partial charge in [0.25, 0.3) is 16.0 Å². The van der Waals surface area contributed by atoms with E-state index in [4.69, 9.17) is 4.18 Å². The second-order valence-corrected chi connectivity index (χ2v) is 10.1. The topological polar surface area (TPSA) is 76.6 Å². The first-order chi connectivity index (χ1) is 16.4. The Morgan fingerprint density at radius 1 is 0.794 bits per heavy atom. The van der Waals surface area contributed by atoms with Crippen molar-refractivity contribution in [2.45, 2.75) is 12.1 Å². The van der Waals surface area contributed by atoms with Crippen molar-refractivity contribution in [2.24, 2.45) is 0 Å². The molecular weight excluding hydrogens is 448 g/mol. The summed E-state index contributed by atoms with van der Waals surface area (Å²) < 4.78 is 29.1. The van der Waals surface area contributed by atoms with Crippen LogP contribution in [0.1, 0.15) is 11.7 Å². The van der Waals surface area contributed by atoms with E-state index >= 15 is 0 Å². The Bertz CT molecular complexity index is 1700. The van der Waals surface area contributed by atoms with Gasteiger partial charge in [0.1, 0.15) is 6.04 Å². The highest BCUT2D eigenvalue weighted by Crippen LogP contribution is 2.46. The number of aromatic nitrogens is 1. The summed E-state index contributed by atoms with van der Waals surface area (Å²) in [5.74, 6) is -0.411. The second kappa shape index (κ2) is 7.62. The standard InChI is InChI=1S/C27H20N2O4S/c1-34(31,32)33-26-25(23-12-6-7-15-28-23)29(27(26)30)24-16-22-18-9-3-2-8-17(18)13-14-20(22)19-10-4-5-11-21(19)24/h2-16,25-26H,1H3/t25?,26-/m1/s1. The molecule has 0 bridgehead atoms. The van der Waals surface area contributed by atoms with Crippen LogP contribution in [0, 0.1) is 0 Å². The number of rotatable bonds is 4. The Morgan fingerprint density at radius 2 is 1.47 bits per heavy atom. The third-order valence-electron chi connectivity index (χ3n) is 6.32. The molecule has 0 saturated carbocycles. The van der Waals surface area contributed by atoms with Crippen molar-refractivity contribution in [1.82, 2.24) is 4.98 Å². The van der Waals surface area contributed by atoms with Crippen molar-refractivity contribution in [1.29, 1.82) is 0 Å². The summed E-state index contributed by atoms with van der Waals surface area (Å²) in [5, 5.41) is 6.21. The predicted molar refractivity (Wildman–Crippen MR) is 133 cm³/mol. The zero-order chi connectivity index (χ0) is 23.4. The maximum absolute atomic E-state index is 13.4. The van der Waals surface area contributed by atoms with Gasteiger partial charge in [-0.3, -0.25) is 18.9 Å². The monoisotopic (exact) mass is 468 g/mol. The van der Waals surface area contributed by atoms with Crippen LogP contribution in [0.25, 0.3) is 32.3 Å². The first-order valence-corrected chi connectivity index (χ1v) is 12.7. The van der Waals surface area contributed by atoms with Crippen LogP contribution in [0.2, 0.25) is 0 Å². The molecule has 34 heavy (non-hydrogen) atoms. The minimum Gasteiger partial charge on any atom is -0.297 e. The van der Waals surface area contributed by atoms with E-state index in [9.17, 15) is 13.2 Å². The second-order valence-electron chi connectivity index (χ2n) is 8.45. The Hall–Kier alpha value is -3.81. The van der Waals surface area contributed by atoms with Crippen molar-refractivity contribution in [3.05, 3.63) is 96.8 Å². The maximum atomic E-state index is 13.4. The minimum atomic E-state index is -3.84. The van der Waals surface area contributed by atoms with Gasteiger partial charge in [-0.05, 0) is 45.1 Å². The van der Waals surface area contributed by atoms with Gasteiger partial charge in [-0.15, -0.1) is 0 Å². The third kappa shape index (κ3) is 3.24. The van der Waals surface area contributed by atoms with Crippen LogP contribution in [0.3, 0.4) is 0 Å². The Labute approximate surface area is 196 Å². The average molecular weight is 469 g/mol. The molecule has 0 N–H and O–H groups in total. The van der Waals surface area contributed by atoms with Crippen molar-refractivity contribution >= 4 is 54.0 Å². The van der Waals surface area contributed by atoms with Crippen LogP contribution < -0.4 is 4.90 Å². The lowest BCUT2D eigenvalue weighted by Gasteiger charge is -2.45. The fourth-order valence-electron chi connectivity index (χ4n) is 4.89. The smallest absolute Gasteiger partial charge is 0.265 e. The number of carbonyl (C=O) groups is 1. The van der Waals surface area contributed by atoms with Crippen molar-refractivity contribution in [3.8, 4) is 0 Å². The summed E-state index contributed by atoms with van der Waals surface area (Å²) in [5.41, 5.74) is 1.27. The highest BCUT2D eigenvalue weighted by atomic mass is 32.2. The van der Waals surface area contributed by atoms with Gasteiger partial charge in [0.2, 0.25) is 0 Å². The number of pyridine rings is 1. The van der Waals surface area contributed by atoms with E-state index in [0.29, 0.717) is 11.4 Å². The summed E-state index contributed by atoms with van der Waals surface area (Å²) in [6.07, 6.45) is 1.42. The molecule has 0 aliphatic carbocycles. The van der Waals surface area contributed by atoms with Gasteiger partial charge in [-0.25, -0.2) is 0 Å². The molecule has 1 amide bonds. The van der Waals surface area contributed by atoms with Gasteiger partial charge in [-0.2, -0.15) is 8.42 Å². The Balaban J connectivity index is 1.62. The van der Waals surface area contributed by atoms with Crippen LogP contribution in [-0.2, 0) is 19.1 Å². The fourth-order valence-corrected chi connectivity index (χ4v) is 5.46. The molecule has 7 heteroatoms. The molecule has 1 unspecified atom stereocenters. The number of fused-ring (bicyclic) bond motifs is 5. The highest BCUT2D eigenvalue weighted by molar-refractivity contribution is 7.86. The molecule has 2 heterocycles. The Morgan fingerprint density at radius 3 is 2.21 bits per heavy atom. The number of β-lactam (4-membered cyclic amide) rings is 1. The number of amides is 1. The molecule has 2 atom stereocenters. The normalized spacial score (nSPS) is 18.5. The van der Waals surface area contributed by atoms with Gasteiger partial charge in [-0.1, -0.05) is 66.7 Å². The van der Waals surface area contributed by atoms with Gasteiger partial charge in [0, 0.05) is 11.6 Å². The number of benzene rings is 4. The first kappa shape index (κ1) is 20.8. The lowest BCUT2D eigenvalue weighted by molar-refractivity contribution is -0.134. The fraction of sp³-hybridized carbons (Fsp3) is 0.111. The van der Waals surface area contributed by atoms with E-state index in [2.05, 4.69) is 29.2 Å². The molecule has 0 radical (unpaired) electrons. The number of hydrogen-bond acceptors (Lipinski definition) is 5. The summed E-state index contributed by atoms with van der Waals surface area (Å²) >= 11 is 0. The maximum Gasteiger partial charge on any atom is 0.265 e. The summed E-state index contributed by atoms with van der Waals surface area (Å²) in [6, 6.07) is 27.0.